The number of nitrogens with zero attached hydrogens (tertiary/aromatic N) is 3. The van der Waals surface area contributed by atoms with Crippen molar-refractivity contribution in [2.75, 3.05) is 37.7 Å². The number of guanidine groups is 1. The van der Waals surface area contributed by atoms with Crippen LogP contribution in [0.5, 0.6) is 0 Å². The van der Waals surface area contributed by atoms with Crippen LogP contribution in [0.1, 0.15) is 70.2 Å². The molecule has 0 unspecified atom stereocenters. The number of hydrogen-bond acceptors (Lipinski definition) is 5. The molecule has 2 fully saturated rings. The van der Waals surface area contributed by atoms with E-state index < -0.39 is 0 Å². The average Bonchev–Trinajstić information content (AvgIpc) is 3.21. The molecule has 0 atom stereocenters. The summed E-state index contributed by atoms with van der Waals surface area (Å²) >= 11 is 2.09. The predicted octanol–water partition coefficient (Wildman–Crippen LogP) is 3.60. The first-order valence-corrected chi connectivity index (χ1v) is 12.1. The molecule has 1 saturated carbocycles. The fourth-order valence-electron chi connectivity index (χ4n) is 4.27. The van der Waals surface area contributed by atoms with Gasteiger partial charge in [0, 0.05) is 49.3 Å². The Hall–Kier alpha value is -1.21. The third-order valence-electron chi connectivity index (χ3n) is 5.96. The van der Waals surface area contributed by atoms with E-state index in [1.807, 2.05) is 6.07 Å². The highest BCUT2D eigenvalue weighted by atomic mass is 32.2. The molecule has 1 aromatic heterocycles. The van der Waals surface area contributed by atoms with E-state index in [1.165, 1.54) is 56.7 Å². The molecule has 0 bridgehead atoms. The minimum atomic E-state index is 0.284. The normalized spacial score (nSPS) is 21.1. The third kappa shape index (κ3) is 5.66. The molecule has 28 heavy (non-hydrogen) atoms. The molecule has 158 valence electrons. The summed E-state index contributed by atoms with van der Waals surface area (Å²) in [6, 6.07) is 2.02. The highest BCUT2D eigenvalue weighted by Crippen LogP contribution is 2.34. The maximum absolute atomic E-state index is 5.44. The topological polar surface area (TPSA) is 65.7 Å². The van der Waals surface area contributed by atoms with Gasteiger partial charge >= 0.3 is 0 Å². The van der Waals surface area contributed by atoms with Gasteiger partial charge in [-0.1, -0.05) is 38.3 Å². The van der Waals surface area contributed by atoms with E-state index in [9.17, 15) is 0 Å². The van der Waals surface area contributed by atoms with Crippen molar-refractivity contribution in [1.82, 2.24) is 20.7 Å². The summed E-state index contributed by atoms with van der Waals surface area (Å²) in [6.07, 6.45) is 6.65. The predicted molar refractivity (Wildman–Crippen MR) is 118 cm³/mol. The molecule has 0 amide bonds. The number of rotatable bonds is 7. The monoisotopic (exact) mass is 407 g/mol. The highest BCUT2D eigenvalue weighted by Gasteiger charge is 2.38. The Morgan fingerprint density at radius 3 is 2.64 bits per heavy atom. The van der Waals surface area contributed by atoms with E-state index >= 15 is 0 Å². The van der Waals surface area contributed by atoms with E-state index in [0.717, 1.165) is 30.5 Å². The molecule has 1 aromatic rings. The van der Waals surface area contributed by atoms with Gasteiger partial charge in [0.1, 0.15) is 6.54 Å². The maximum atomic E-state index is 5.44. The zero-order valence-electron chi connectivity index (χ0n) is 17.8. The third-order valence-corrected chi connectivity index (χ3v) is 6.90. The number of aromatic nitrogens is 1. The fourth-order valence-corrected chi connectivity index (χ4v) is 5.18. The SMILES string of the molecule is CCNC(=NCc1cc(C(C)C)no1)NCC1(N2CCSCC2)CCCCC1. The number of thioether (sulfide) groups is 1. The lowest BCUT2D eigenvalue weighted by atomic mass is 9.80. The minimum absolute atomic E-state index is 0.284. The van der Waals surface area contributed by atoms with E-state index in [1.54, 1.807) is 0 Å². The lowest BCUT2D eigenvalue weighted by Crippen LogP contribution is -2.59. The van der Waals surface area contributed by atoms with Crippen molar-refractivity contribution < 1.29 is 4.52 Å². The zero-order chi connectivity index (χ0) is 19.8. The summed E-state index contributed by atoms with van der Waals surface area (Å²) in [5.41, 5.74) is 1.28. The Labute approximate surface area is 174 Å². The van der Waals surface area contributed by atoms with Gasteiger partial charge in [-0.2, -0.15) is 11.8 Å². The van der Waals surface area contributed by atoms with Gasteiger partial charge in [0.2, 0.25) is 0 Å². The van der Waals surface area contributed by atoms with Gasteiger partial charge in [0.25, 0.3) is 0 Å². The Morgan fingerprint density at radius 1 is 1.25 bits per heavy atom. The van der Waals surface area contributed by atoms with Crippen LogP contribution in [0.15, 0.2) is 15.6 Å². The van der Waals surface area contributed by atoms with Crippen LogP contribution in [0.4, 0.5) is 0 Å². The molecule has 1 aliphatic carbocycles. The molecule has 1 aliphatic heterocycles. The molecule has 2 N–H and O–H groups in total. The Morgan fingerprint density at radius 2 is 2.00 bits per heavy atom. The van der Waals surface area contributed by atoms with Crippen LogP contribution < -0.4 is 10.6 Å². The van der Waals surface area contributed by atoms with Crippen molar-refractivity contribution in [3.63, 3.8) is 0 Å². The quantitative estimate of drug-likeness (QED) is 0.532. The van der Waals surface area contributed by atoms with Gasteiger partial charge in [0.05, 0.1) is 5.69 Å². The summed E-state index contributed by atoms with van der Waals surface area (Å²) in [5.74, 6) is 4.60. The van der Waals surface area contributed by atoms with Gasteiger partial charge in [-0.25, -0.2) is 4.99 Å². The highest BCUT2D eigenvalue weighted by molar-refractivity contribution is 7.99. The summed E-state index contributed by atoms with van der Waals surface area (Å²) in [6.45, 7) is 11.1. The fraction of sp³-hybridized carbons (Fsp3) is 0.810. The van der Waals surface area contributed by atoms with Crippen molar-refractivity contribution in [1.29, 1.82) is 0 Å². The molecule has 1 saturated heterocycles. The van der Waals surface area contributed by atoms with Crippen LogP contribution in [-0.4, -0.2) is 59.2 Å². The Kier molecular flexibility index (Phi) is 8.09. The lowest BCUT2D eigenvalue weighted by molar-refractivity contribution is 0.0626. The van der Waals surface area contributed by atoms with Crippen LogP contribution >= 0.6 is 11.8 Å². The van der Waals surface area contributed by atoms with Crippen LogP contribution in [0, 0.1) is 0 Å². The first kappa shape index (κ1) is 21.5. The molecule has 0 radical (unpaired) electrons. The van der Waals surface area contributed by atoms with Crippen LogP contribution in [0.2, 0.25) is 0 Å². The van der Waals surface area contributed by atoms with Gasteiger partial charge in [-0.15, -0.1) is 0 Å². The number of hydrogen-bond donors (Lipinski definition) is 2. The summed E-state index contributed by atoms with van der Waals surface area (Å²) in [7, 11) is 0. The van der Waals surface area contributed by atoms with Crippen molar-refractivity contribution in [3.05, 3.63) is 17.5 Å². The average molecular weight is 408 g/mol. The summed E-state index contributed by atoms with van der Waals surface area (Å²) in [4.78, 5) is 7.51. The van der Waals surface area contributed by atoms with Gasteiger partial charge in [0.15, 0.2) is 11.7 Å². The molecule has 7 heteroatoms. The second-order valence-corrected chi connectivity index (χ2v) is 9.53. The van der Waals surface area contributed by atoms with Crippen LogP contribution in [0.3, 0.4) is 0 Å². The molecular weight excluding hydrogens is 370 g/mol. The molecule has 6 nitrogen and oxygen atoms in total. The smallest absolute Gasteiger partial charge is 0.191 e. The second-order valence-electron chi connectivity index (χ2n) is 8.31. The molecule has 3 rings (SSSR count). The van der Waals surface area contributed by atoms with Gasteiger partial charge < -0.3 is 15.2 Å². The zero-order valence-corrected chi connectivity index (χ0v) is 18.6. The first-order chi connectivity index (χ1) is 13.6. The molecule has 2 heterocycles. The van der Waals surface area contributed by atoms with Crippen molar-refractivity contribution >= 4 is 17.7 Å². The standard InChI is InChI=1S/C21H37N5OS/c1-4-22-20(23-15-18-14-19(17(2)3)25-27-18)24-16-21(8-6-5-7-9-21)26-10-12-28-13-11-26/h14,17H,4-13,15-16H2,1-3H3,(H2,22,23,24). The van der Waals surface area contributed by atoms with E-state index in [2.05, 4.69) is 53.2 Å². The summed E-state index contributed by atoms with van der Waals surface area (Å²) < 4.78 is 5.44. The minimum Gasteiger partial charge on any atom is -0.359 e. The van der Waals surface area contributed by atoms with E-state index in [4.69, 9.17) is 9.52 Å². The second kappa shape index (κ2) is 10.5. The molecular formula is C21H37N5OS. The van der Waals surface area contributed by atoms with Crippen molar-refractivity contribution in [3.8, 4) is 0 Å². The Bertz CT molecular complexity index is 618. The molecule has 0 spiro atoms. The van der Waals surface area contributed by atoms with E-state index in [0.29, 0.717) is 12.5 Å². The molecule has 2 aliphatic rings. The van der Waals surface area contributed by atoms with Crippen molar-refractivity contribution in [2.45, 2.75) is 70.9 Å². The van der Waals surface area contributed by atoms with Gasteiger partial charge in [-0.05, 0) is 25.7 Å². The maximum Gasteiger partial charge on any atom is 0.191 e. The number of nitrogens with one attached hydrogen (secondary N) is 2. The van der Waals surface area contributed by atoms with E-state index in [-0.39, 0.29) is 5.54 Å². The number of aliphatic imine (C=N–C) groups is 1. The summed E-state index contributed by atoms with van der Waals surface area (Å²) in [5, 5.41) is 11.2. The van der Waals surface area contributed by atoms with Crippen molar-refractivity contribution in [2.24, 2.45) is 4.99 Å². The van der Waals surface area contributed by atoms with Crippen LogP contribution in [0.25, 0.3) is 0 Å². The first-order valence-electron chi connectivity index (χ1n) is 10.9. The Balaban J connectivity index is 1.64. The molecule has 0 aromatic carbocycles. The van der Waals surface area contributed by atoms with Crippen LogP contribution in [-0.2, 0) is 6.54 Å². The largest absolute Gasteiger partial charge is 0.359 e. The lowest BCUT2D eigenvalue weighted by Gasteiger charge is -2.48. The van der Waals surface area contributed by atoms with Gasteiger partial charge in [-0.3, -0.25) is 4.90 Å².